The molecule has 1 fully saturated rings. The molecule has 128 valence electrons. The first kappa shape index (κ1) is 18.4. The third kappa shape index (κ3) is 6.24. The molecular formula is C15H20ClNO4S2. The summed E-state index contributed by atoms with van der Waals surface area (Å²) in [6.45, 7) is 2.30. The second kappa shape index (κ2) is 8.26. The van der Waals surface area contributed by atoms with Gasteiger partial charge >= 0.3 is 0 Å². The van der Waals surface area contributed by atoms with Gasteiger partial charge in [-0.15, -0.1) is 11.8 Å². The van der Waals surface area contributed by atoms with Crippen molar-refractivity contribution in [3.8, 4) is 5.75 Å². The van der Waals surface area contributed by atoms with Gasteiger partial charge in [-0.05, 0) is 37.6 Å². The summed E-state index contributed by atoms with van der Waals surface area (Å²) in [6.07, 6.45) is 0.505. The molecule has 2 atom stereocenters. The Kier molecular flexibility index (Phi) is 6.61. The zero-order valence-electron chi connectivity index (χ0n) is 12.8. The maximum absolute atomic E-state index is 12.0. The molecule has 5 nitrogen and oxygen atoms in total. The second-order valence-corrected chi connectivity index (χ2v) is 9.54. The van der Waals surface area contributed by atoms with Gasteiger partial charge in [0, 0.05) is 16.8 Å². The Morgan fingerprint density at radius 3 is 2.74 bits per heavy atom. The van der Waals surface area contributed by atoms with Crippen LogP contribution in [-0.2, 0) is 14.6 Å². The Hall–Kier alpha value is -0.920. The molecule has 1 amide bonds. The van der Waals surface area contributed by atoms with E-state index in [0.29, 0.717) is 23.8 Å². The fourth-order valence-electron chi connectivity index (χ4n) is 2.22. The number of thioether (sulfide) groups is 1. The topological polar surface area (TPSA) is 72.5 Å². The van der Waals surface area contributed by atoms with Gasteiger partial charge in [0.05, 0.1) is 23.4 Å². The third-order valence-electron chi connectivity index (χ3n) is 3.48. The molecule has 2 unspecified atom stereocenters. The van der Waals surface area contributed by atoms with Crippen LogP contribution in [0.3, 0.4) is 0 Å². The standard InChI is InChI=1S/C15H20ClNO4S2/c1-11(15(18)17-13-6-9-23(19,20)10-13)22-8-7-21-14-4-2-12(16)3-5-14/h2-5,11,13H,6-10H2,1H3,(H,17,18). The van der Waals surface area contributed by atoms with Gasteiger partial charge < -0.3 is 10.1 Å². The van der Waals surface area contributed by atoms with Crippen molar-refractivity contribution in [1.29, 1.82) is 0 Å². The van der Waals surface area contributed by atoms with E-state index in [1.807, 2.05) is 6.92 Å². The molecular weight excluding hydrogens is 358 g/mol. The fraction of sp³-hybridized carbons (Fsp3) is 0.533. The number of benzene rings is 1. The number of hydrogen-bond donors (Lipinski definition) is 1. The Morgan fingerprint density at radius 1 is 1.43 bits per heavy atom. The van der Waals surface area contributed by atoms with Crippen LogP contribution in [0.15, 0.2) is 24.3 Å². The summed E-state index contributed by atoms with van der Waals surface area (Å²) < 4.78 is 28.3. The van der Waals surface area contributed by atoms with Crippen LogP contribution in [0.2, 0.25) is 5.02 Å². The molecule has 0 spiro atoms. The van der Waals surface area contributed by atoms with E-state index >= 15 is 0 Å². The zero-order valence-corrected chi connectivity index (χ0v) is 15.2. The molecule has 0 saturated carbocycles. The minimum atomic E-state index is -2.97. The minimum Gasteiger partial charge on any atom is -0.493 e. The number of sulfone groups is 1. The van der Waals surface area contributed by atoms with E-state index < -0.39 is 9.84 Å². The zero-order chi connectivity index (χ0) is 16.9. The van der Waals surface area contributed by atoms with Crippen LogP contribution < -0.4 is 10.1 Å². The summed E-state index contributed by atoms with van der Waals surface area (Å²) in [5.74, 6) is 1.50. The monoisotopic (exact) mass is 377 g/mol. The summed E-state index contributed by atoms with van der Waals surface area (Å²) >= 11 is 7.27. The first-order valence-electron chi connectivity index (χ1n) is 7.36. The van der Waals surface area contributed by atoms with Gasteiger partial charge in [-0.2, -0.15) is 0 Å². The predicted molar refractivity (Wildman–Crippen MR) is 94.1 cm³/mol. The molecule has 2 rings (SSSR count). The summed E-state index contributed by atoms with van der Waals surface area (Å²) in [5, 5.41) is 3.22. The van der Waals surface area contributed by atoms with Crippen molar-refractivity contribution in [2.24, 2.45) is 0 Å². The van der Waals surface area contributed by atoms with Crippen molar-refractivity contribution in [2.45, 2.75) is 24.6 Å². The van der Waals surface area contributed by atoms with Gasteiger partial charge in [-0.1, -0.05) is 11.6 Å². The smallest absolute Gasteiger partial charge is 0.233 e. The fourth-order valence-corrected chi connectivity index (χ4v) is 4.77. The highest BCUT2D eigenvalue weighted by Crippen LogP contribution is 2.17. The van der Waals surface area contributed by atoms with Crippen LogP contribution in [0.4, 0.5) is 0 Å². The molecule has 8 heteroatoms. The number of ether oxygens (including phenoxy) is 1. The molecule has 1 aromatic rings. The highest BCUT2D eigenvalue weighted by Gasteiger charge is 2.29. The second-order valence-electron chi connectivity index (χ2n) is 5.42. The van der Waals surface area contributed by atoms with Crippen molar-refractivity contribution in [3.63, 3.8) is 0 Å². The number of hydrogen-bond acceptors (Lipinski definition) is 5. The Morgan fingerprint density at radius 2 is 2.13 bits per heavy atom. The van der Waals surface area contributed by atoms with Gasteiger partial charge in [0.15, 0.2) is 9.84 Å². The number of carbonyl (C=O) groups is 1. The molecule has 0 aliphatic carbocycles. The molecule has 0 bridgehead atoms. The van der Waals surface area contributed by atoms with Gasteiger partial charge in [0.25, 0.3) is 0 Å². The van der Waals surface area contributed by atoms with Crippen LogP contribution in [-0.4, -0.2) is 49.5 Å². The number of halogens is 1. The van der Waals surface area contributed by atoms with Crippen LogP contribution in [0.25, 0.3) is 0 Å². The van der Waals surface area contributed by atoms with Crippen LogP contribution in [0.1, 0.15) is 13.3 Å². The van der Waals surface area contributed by atoms with E-state index in [1.165, 1.54) is 11.8 Å². The SMILES string of the molecule is CC(SCCOc1ccc(Cl)cc1)C(=O)NC1CCS(=O)(=O)C1. The summed E-state index contributed by atoms with van der Waals surface area (Å²) in [6, 6.07) is 6.86. The Bertz CT molecular complexity index is 633. The molecule has 1 aromatic carbocycles. The summed E-state index contributed by atoms with van der Waals surface area (Å²) in [4.78, 5) is 12.0. The lowest BCUT2D eigenvalue weighted by molar-refractivity contribution is -0.120. The molecule has 1 aliphatic rings. The first-order chi connectivity index (χ1) is 10.9. The quantitative estimate of drug-likeness (QED) is 0.737. The average Bonchev–Trinajstić information content (AvgIpc) is 2.84. The van der Waals surface area contributed by atoms with Gasteiger partial charge in [0.1, 0.15) is 5.75 Å². The van der Waals surface area contributed by atoms with E-state index in [-0.39, 0.29) is 28.7 Å². The van der Waals surface area contributed by atoms with Crippen LogP contribution >= 0.6 is 23.4 Å². The molecule has 0 aromatic heterocycles. The third-order valence-corrected chi connectivity index (χ3v) is 6.62. The molecule has 23 heavy (non-hydrogen) atoms. The molecule has 0 radical (unpaired) electrons. The molecule has 1 aliphatic heterocycles. The van der Waals surface area contributed by atoms with Gasteiger partial charge in [0.2, 0.25) is 5.91 Å². The van der Waals surface area contributed by atoms with Crippen LogP contribution in [0, 0.1) is 0 Å². The lowest BCUT2D eigenvalue weighted by Crippen LogP contribution is -2.40. The largest absolute Gasteiger partial charge is 0.493 e. The molecule has 1 N–H and O–H groups in total. The number of nitrogens with one attached hydrogen (secondary N) is 1. The minimum absolute atomic E-state index is 0.0514. The summed E-state index contributed by atoms with van der Waals surface area (Å²) in [7, 11) is -2.97. The summed E-state index contributed by atoms with van der Waals surface area (Å²) in [5.41, 5.74) is 0. The van der Waals surface area contributed by atoms with Gasteiger partial charge in [-0.25, -0.2) is 8.42 Å². The van der Waals surface area contributed by atoms with Crippen molar-refractivity contribution >= 4 is 39.1 Å². The van der Waals surface area contributed by atoms with Crippen molar-refractivity contribution < 1.29 is 17.9 Å². The maximum Gasteiger partial charge on any atom is 0.233 e. The van der Waals surface area contributed by atoms with E-state index in [2.05, 4.69) is 5.32 Å². The average molecular weight is 378 g/mol. The first-order valence-corrected chi connectivity index (χ1v) is 10.6. The normalized spacial score (nSPS) is 20.9. The molecule has 1 saturated heterocycles. The number of amides is 1. The van der Waals surface area contributed by atoms with E-state index in [1.54, 1.807) is 24.3 Å². The highest BCUT2D eigenvalue weighted by atomic mass is 35.5. The van der Waals surface area contributed by atoms with Crippen LogP contribution in [0.5, 0.6) is 5.75 Å². The van der Waals surface area contributed by atoms with E-state index in [9.17, 15) is 13.2 Å². The van der Waals surface area contributed by atoms with Gasteiger partial charge in [-0.3, -0.25) is 4.79 Å². The Labute approximate surface area is 146 Å². The number of rotatable bonds is 7. The highest BCUT2D eigenvalue weighted by molar-refractivity contribution is 8.00. The van der Waals surface area contributed by atoms with E-state index in [0.717, 1.165) is 5.75 Å². The van der Waals surface area contributed by atoms with Crippen molar-refractivity contribution in [3.05, 3.63) is 29.3 Å². The maximum atomic E-state index is 12.0. The lowest BCUT2D eigenvalue weighted by atomic mass is 10.2. The Balaban J connectivity index is 1.65. The lowest BCUT2D eigenvalue weighted by Gasteiger charge is -2.15. The van der Waals surface area contributed by atoms with Crippen molar-refractivity contribution in [2.75, 3.05) is 23.9 Å². The predicted octanol–water partition coefficient (Wildman–Crippen LogP) is 2.14. The molecule has 1 heterocycles. The van der Waals surface area contributed by atoms with E-state index in [4.69, 9.17) is 16.3 Å². The number of carbonyl (C=O) groups excluding carboxylic acids is 1. The van der Waals surface area contributed by atoms with Crippen molar-refractivity contribution in [1.82, 2.24) is 5.32 Å².